The van der Waals surface area contributed by atoms with Crippen LogP contribution in [0.4, 0.5) is 0 Å². The SMILES string of the molecule is C[C@H](NC(=O)C(=O)NCC1CCNCC1)c1ccccc1. The lowest BCUT2D eigenvalue weighted by atomic mass is 9.98. The molecule has 1 heterocycles. The molecule has 0 aromatic heterocycles. The zero-order chi connectivity index (χ0) is 15.1. The Labute approximate surface area is 125 Å². The molecule has 1 aromatic rings. The number of hydrogen-bond donors (Lipinski definition) is 3. The average Bonchev–Trinajstić information content (AvgIpc) is 2.54. The Morgan fingerprint density at radius 3 is 2.52 bits per heavy atom. The molecule has 5 nitrogen and oxygen atoms in total. The van der Waals surface area contributed by atoms with E-state index in [4.69, 9.17) is 0 Å². The smallest absolute Gasteiger partial charge is 0.309 e. The van der Waals surface area contributed by atoms with Crippen molar-refractivity contribution in [1.29, 1.82) is 0 Å². The molecule has 1 atom stereocenters. The maximum Gasteiger partial charge on any atom is 0.309 e. The van der Waals surface area contributed by atoms with Crippen LogP contribution in [-0.4, -0.2) is 31.4 Å². The normalized spacial score (nSPS) is 17.0. The number of piperidine rings is 1. The Balaban J connectivity index is 1.75. The highest BCUT2D eigenvalue weighted by Gasteiger charge is 2.19. The molecule has 0 radical (unpaired) electrons. The highest BCUT2D eigenvalue weighted by atomic mass is 16.2. The summed E-state index contributed by atoms with van der Waals surface area (Å²) in [7, 11) is 0. The molecule has 0 saturated carbocycles. The van der Waals surface area contributed by atoms with E-state index < -0.39 is 11.8 Å². The van der Waals surface area contributed by atoms with Gasteiger partial charge in [-0.2, -0.15) is 0 Å². The second-order valence-electron chi connectivity index (χ2n) is 5.51. The van der Waals surface area contributed by atoms with Gasteiger partial charge in [0.25, 0.3) is 0 Å². The summed E-state index contributed by atoms with van der Waals surface area (Å²) in [5.74, 6) is -0.647. The molecule has 0 aliphatic carbocycles. The molecule has 5 heteroatoms. The average molecular weight is 289 g/mol. The molecule has 0 unspecified atom stereocenters. The van der Waals surface area contributed by atoms with Gasteiger partial charge in [0.05, 0.1) is 6.04 Å². The molecule has 1 aliphatic heterocycles. The van der Waals surface area contributed by atoms with E-state index in [-0.39, 0.29) is 6.04 Å². The van der Waals surface area contributed by atoms with E-state index in [2.05, 4.69) is 16.0 Å². The summed E-state index contributed by atoms with van der Waals surface area (Å²) >= 11 is 0. The third-order valence-corrected chi connectivity index (χ3v) is 3.86. The summed E-state index contributed by atoms with van der Waals surface area (Å²) in [6.07, 6.45) is 2.09. The molecular formula is C16H23N3O2. The van der Waals surface area contributed by atoms with Crippen molar-refractivity contribution in [3.8, 4) is 0 Å². The van der Waals surface area contributed by atoms with Crippen molar-refractivity contribution in [1.82, 2.24) is 16.0 Å². The summed E-state index contributed by atoms with van der Waals surface area (Å²) in [6.45, 7) is 4.41. The molecule has 114 valence electrons. The van der Waals surface area contributed by atoms with Crippen LogP contribution in [0.5, 0.6) is 0 Å². The second-order valence-corrected chi connectivity index (χ2v) is 5.51. The Kier molecular flexibility index (Phi) is 5.75. The molecule has 2 rings (SSSR count). The quantitative estimate of drug-likeness (QED) is 0.724. The van der Waals surface area contributed by atoms with Crippen molar-refractivity contribution in [3.63, 3.8) is 0 Å². The molecule has 3 N–H and O–H groups in total. The highest BCUT2D eigenvalue weighted by molar-refractivity contribution is 6.35. The fraction of sp³-hybridized carbons (Fsp3) is 0.500. The molecule has 0 bridgehead atoms. The maximum atomic E-state index is 11.9. The van der Waals surface area contributed by atoms with Gasteiger partial charge in [0, 0.05) is 6.54 Å². The van der Waals surface area contributed by atoms with Gasteiger partial charge >= 0.3 is 11.8 Å². The lowest BCUT2D eigenvalue weighted by molar-refractivity contribution is -0.139. The second kappa shape index (κ2) is 7.78. The van der Waals surface area contributed by atoms with Gasteiger partial charge in [-0.25, -0.2) is 0 Å². The van der Waals surface area contributed by atoms with Crippen LogP contribution in [0.25, 0.3) is 0 Å². The number of nitrogens with one attached hydrogen (secondary N) is 3. The van der Waals surface area contributed by atoms with E-state index in [9.17, 15) is 9.59 Å². The van der Waals surface area contributed by atoms with E-state index in [1.807, 2.05) is 37.3 Å². The number of carbonyl (C=O) groups excluding carboxylic acids is 2. The predicted molar refractivity (Wildman–Crippen MR) is 81.6 cm³/mol. The van der Waals surface area contributed by atoms with Gasteiger partial charge in [0.15, 0.2) is 0 Å². The molecular weight excluding hydrogens is 266 g/mol. The number of benzene rings is 1. The van der Waals surface area contributed by atoms with Crippen molar-refractivity contribution in [2.75, 3.05) is 19.6 Å². The third-order valence-electron chi connectivity index (χ3n) is 3.86. The third kappa shape index (κ3) is 4.86. The largest absolute Gasteiger partial charge is 0.348 e. The van der Waals surface area contributed by atoms with E-state index >= 15 is 0 Å². The molecule has 1 aromatic carbocycles. The van der Waals surface area contributed by atoms with E-state index in [0.717, 1.165) is 31.5 Å². The Bertz CT molecular complexity index is 470. The first-order chi connectivity index (χ1) is 10.2. The lowest BCUT2D eigenvalue weighted by Gasteiger charge is -2.22. The topological polar surface area (TPSA) is 70.2 Å². The standard InChI is InChI=1S/C16H23N3O2/c1-12(14-5-3-2-4-6-14)19-16(21)15(20)18-11-13-7-9-17-10-8-13/h2-6,12-13,17H,7-11H2,1H3,(H,18,20)(H,19,21)/t12-/m0/s1. The zero-order valence-electron chi connectivity index (χ0n) is 12.4. The van der Waals surface area contributed by atoms with Crippen LogP contribution in [0.1, 0.15) is 31.4 Å². The highest BCUT2D eigenvalue weighted by Crippen LogP contribution is 2.11. The van der Waals surface area contributed by atoms with E-state index in [0.29, 0.717) is 12.5 Å². The van der Waals surface area contributed by atoms with Crippen LogP contribution in [0, 0.1) is 5.92 Å². The Hall–Kier alpha value is -1.88. The Morgan fingerprint density at radius 2 is 1.86 bits per heavy atom. The number of hydrogen-bond acceptors (Lipinski definition) is 3. The van der Waals surface area contributed by atoms with Gasteiger partial charge in [-0.3, -0.25) is 9.59 Å². The molecule has 1 aliphatic rings. The van der Waals surface area contributed by atoms with Crippen molar-refractivity contribution in [2.24, 2.45) is 5.92 Å². The minimum Gasteiger partial charge on any atom is -0.348 e. The summed E-state index contributed by atoms with van der Waals surface area (Å²) < 4.78 is 0. The van der Waals surface area contributed by atoms with Gasteiger partial charge in [-0.1, -0.05) is 30.3 Å². The minimum atomic E-state index is -0.569. The summed E-state index contributed by atoms with van der Waals surface area (Å²) in [5.41, 5.74) is 0.983. The van der Waals surface area contributed by atoms with Crippen LogP contribution in [0.15, 0.2) is 30.3 Å². The van der Waals surface area contributed by atoms with Gasteiger partial charge in [0.1, 0.15) is 0 Å². The van der Waals surface area contributed by atoms with Gasteiger partial charge < -0.3 is 16.0 Å². The van der Waals surface area contributed by atoms with E-state index in [1.165, 1.54) is 0 Å². The van der Waals surface area contributed by atoms with Crippen LogP contribution in [0.2, 0.25) is 0 Å². The summed E-state index contributed by atoms with van der Waals surface area (Å²) in [6, 6.07) is 9.42. The van der Waals surface area contributed by atoms with Crippen LogP contribution >= 0.6 is 0 Å². The molecule has 2 amide bonds. The van der Waals surface area contributed by atoms with Crippen molar-refractivity contribution < 1.29 is 9.59 Å². The summed E-state index contributed by atoms with van der Waals surface area (Å²) in [4.78, 5) is 23.7. The Morgan fingerprint density at radius 1 is 1.19 bits per heavy atom. The monoisotopic (exact) mass is 289 g/mol. The van der Waals surface area contributed by atoms with Crippen LogP contribution in [0.3, 0.4) is 0 Å². The summed E-state index contributed by atoms with van der Waals surface area (Å²) in [5, 5.41) is 8.73. The first-order valence-electron chi connectivity index (χ1n) is 7.51. The fourth-order valence-electron chi connectivity index (χ4n) is 2.49. The maximum absolute atomic E-state index is 11.9. The molecule has 0 spiro atoms. The van der Waals surface area contributed by atoms with Crippen molar-refractivity contribution in [2.45, 2.75) is 25.8 Å². The number of amides is 2. The number of carbonyl (C=O) groups is 2. The van der Waals surface area contributed by atoms with Crippen LogP contribution < -0.4 is 16.0 Å². The first-order valence-corrected chi connectivity index (χ1v) is 7.51. The first kappa shape index (κ1) is 15.5. The van der Waals surface area contributed by atoms with Gasteiger partial charge in [0.2, 0.25) is 0 Å². The van der Waals surface area contributed by atoms with E-state index in [1.54, 1.807) is 0 Å². The van der Waals surface area contributed by atoms with Crippen molar-refractivity contribution >= 4 is 11.8 Å². The molecule has 1 fully saturated rings. The predicted octanol–water partition coefficient (Wildman–Crippen LogP) is 0.980. The lowest BCUT2D eigenvalue weighted by Crippen LogP contribution is -2.43. The fourth-order valence-corrected chi connectivity index (χ4v) is 2.49. The van der Waals surface area contributed by atoms with Gasteiger partial charge in [-0.05, 0) is 44.3 Å². The van der Waals surface area contributed by atoms with Crippen LogP contribution in [-0.2, 0) is 9.59 Å². The molecule has 1 saturated heterocycles. The number of rotatable bonds is 4. The van der Waals surface area contributed by atoms with Crippen molar-refractivity contribution in [3.05, 3.63) is 35.9 Å². The minimum absolute atomic E-state index is 0.177. The van der Waals surface area contributed by atoms with Gasteiger partial charge in [-0.15, -0.1) is 0 Å². The zero-order valence-corrected chi connectivity index (χ0v) is 12.4. The molecule has 21 heavy (non-hydrogen) atoms.